The molecular formula is C9H13N3O. The third-order valence-corrected chi connectivity index (χ3v) is 1.32. The first kappa shape index (κ1) is 9.51. The average molecular weight is 179 g/mol. The number of hydrogen-bond donors (Lipinski definition) is 1. The SMILES string of the molecule is C=CCOc1cncc(NCC)n1. The smallest absolute Gasteiger partial charge is 0.234 e. The maximum atomic E-state index is 5.21. The topological polar surface area (TPSA) is 47.0 Å². The van der Waals surface area contributed by atoms with Gasteiger partial charge in [-0.25, -0.2) is 0 Å². The first-order chi connectivity index (χ1) is 6.36. The summed E-state index contributed by atoms with van der Waals surface area (Å²) in [6, 6.07) is 0. The van der Waals surface area contributed by atoms with Gasteiger partial charge in [0.05, 0.1) is 12.4 Å². The lowest BCUT2D eigenvalue weighted by molar-refractivity contribution is 0.347. The minimum Gasteiger partial charge on any atom is -0.472 e. The second kappa shape index (κ2) is 5.13. The van der Waals surface area contributed by atoms with Crippen molar-refractivity contribution in [3.05, 3.63) is 25.0 Å². The van der Waals surface area contributed by atoms with Crippen LogP contribution in [-0.2, 0) is 0 Å². The van der Waals surface area contributed by atoms with E-state index in [0.29, 0.717) is 12.5 Å². The number of nitrogens with zero attached hydrogens (tertiary/aromatic N) is 2. The molecule has 0 aliphatic rings. The van der Waals surface area contributed by atoms with Gasteiger partial charge in [-0.05, 0) is 6.92 Å². The van der Waals surface area contributed by atoms with Crippen LogP contribution in [0.15, 0.2) is 25.0 Å². The van der Waals surface area contributed by atoms with Gasteiger partial charge in [-0.15, -0.1) is 0 Å². The van der Waals surface area contributed by atoms with Gasteiger partial charge in [-0.1, -0.05) is 12.7 Å². The molecule has 70 valence electrons. The Labute approximate surface area is 77.7 Å². The lowest BCUT2D eigenvalue weighted by Crippen LogP contribution is -2.02. The molecule has 13 heavy (non-hydrogen) atoms. The molecule has 0 amide bonds. The predicted molar refractivity (Wildman–Crippen MR) is 51.9 cm³/mol. The third-order valence-electron chi connectivity index (χ3n) is 1.32. The predicted octanol–water partition coefficient (Wildman–Crippen LogP) is 1.47. The quantitative estimate of drug-likeness (QED) is 0.695. The van der Waals surface area contributed by atoms with Crippen LogP contribution in [0.25, 0.3) is 0 Å². The molecular weight excluding hydrogens is 166 g/mol. The monoisotopic (exact) mass is 179 g/mol. The first-order valence-corrected chi connectivity index (χ1v) is 4.16. The Morgan fingerprint density at radius 3 is 3.15 bits per heavy atom. The van der Waals surface area contributed by atoms with Gasteiger partial charge in [-0.3, -0.25) is 4.98 Å². The molecule has 0 saturated heterocycles. The summed E-state index contributed by atoms with van der Waals surface area (Å²) >= 11 is 0. The van der Waals surface area contributed by atoms with Gasteiger partial charge < -0.3 is 10.1 Å². The average Bonchev–Trinajstić information content (AvgIpc) is 2.16. The van der Waals surface area contributed by atoms with Crippen LogP contribution < -0.4 is 10.1 Å². The maximum Gasteiger partial charge on any atom is 0.234 e. The Hall–Kier alpha value is -1.58. The molecule has 4 nitrogen and oxygen atoms in total. The van der Waals surface area contributed by atoms with Crippen LogP contribution in [0, 0.1) is 0 Å². The Bertz CT molecular complexity index is 275. The maximum absolute atomic E-state index is 5.21. The standard InChI is InChI=1S/C9H13N3O/c1-3-5-13-9-7-10-6-8(12-9)11-4-2/h3,6-7H,1,4-5H2,2H3,(H,11,12). The normalized spacial score (nSPS) is 9.31. The highest BCUT2D eigenvalue weighted by molar-refractivity contribution is 5.32. The van der Waals surface area contributed by atoms with E-state index in [2.05, 4.69) is 21.9 Å². The molecule has 0 aromatic carbocycles. The highest BCUT2D eigenvalue weighted by atomic mass is 16.5. The Morgan fingerprint density at radius 1 is 1.62 bits per heavy atom. The number of aromatic nitrogens is 2. The highest BCUT2D eigenvalue weighted by Gasteiger charge is 1.96. The van der Waals surface area contributed by atoms with E-state index in [1.807, 2.05) is 6.92 Å². The molecule has 0 fully saturated rings. The number of anilines is 1. The van der Waals surface area contributed by atoms with E-state index in [9.17, 15) is 0 Å². The molecule has 0 atom stereocenters. The zero-order valence-corrected chi connectivity index (χ0v) is 7.66. The minimum atomic E-state index is 0.449. The van der Waals surface area contributed by atoms with Crippen molar-refractivity contribution in [2.75, 3.05) is 18.5 Å². The van der Waals surface area contributed by atoms with Crippen molar-refractivity contribution in [1.29, 1.82) is 0 Å². The van der Waals surface area contributed by atoms with Crippen LogP contribution in [0.4, 0.5) is 5.82 Å². The molecule has 0 aliphatic carbocycles. The number of rotatable bonds is 5. The zero-order valence-electron chi connectivity index (χ0n) is 7.66. The molecule has 1 heterocycles. The molecule has 1 aromatic rings. The fraction of sp³-hybridized carbons (Fsp3) is 0.333. The second-order valence-corrected chi connectivity index (χ2v) is 2.37. The van der Waals surface area contributed by atoms with Gasteiger partial charge >= 0.3 is 0 Å². The largest absolute Gasteiger partial charge is 0.472 e. The minimum absolute atomic E-state index is 0.449. The Balaban J connectivity index is 2.61. The molecule has 4 heteroatoms. The summed E-state index contributed by atoms with van der Waals surface area (Å²) in [5.74, 6) is 1.24. The summed E-state index contributed by atoms with van der Waals surface area (Å²) in [5, 5.41) is 3.04. The molecule has 1 aromatic heterocycles. The van der Waals surface area contributed by atoms with Crippen molar-refractivity contribution in [2.24, 2.45) is 0 Å². The number of nitrogens with one attached hydrogen (secondary N) is 1. The van der Waals surface area contributed by atoms with Gasteiger partial charge in [-0.2, -0.15) is 4.98 Å². The molecule has 1 rings (SSSR count). The summed E-state index contributed by atoms with van der Waals surface area (Å²) in [7, 11) is 0. The van der Waals surface area contributed by atoms with Crippen LogP contribution in [0.5, 0.6) is 5.88 Å². The van der Waals surface area contributed by atoms with Crippen LogP contribution in [0.1, 0.15) is 6.92 Å². The summed E-state index contributed by atoms with van der Waals surface area (Å²) in [6.07, 6.45) is 4.90. The Morgan fingerprint density at radius 2 is 2.46 bits per heavy atom. The van der Waals surface area contributed by atoms with Crippen molar-refractivity contribution in [3.63, 3.8) is 0 Å². The number of ether oxygens (including phenoxy) is 1. The van der Waals surface area contributed by atoms with Crippen molar-refractivity contribution in [2.45, 2.75) is 6.92 Å². The lowest BCUT2D eigenvalue weighted by atomic mass is 10.6. The molecule has 0 spiro atoms. The molecule has 1 N–H and O–H groups in total. The van der Waals surface area contributed by atoms with E-state index in [0.717, 1.165) is 12.4 Å². The van der Waals surface area contributed by atoms with Crippen molar-refractivity contribution in [3.8, 4) is 5.88 Å². The zero-order chi connectivity index (χ0) is 9.52. The van der Waals surface area contributed by atoms with Crippen LogP contribution in [0.3, 0.4) is 0 Å². The summed E-state index contributed by atoms with van der Waals surface area (Å²) in [5.41, 5.74) is 0. The fourth-order valence-corrected chi connectivity index (χ4v) is 0.828. The highest BCUT2D eigenvalue weighted by Crippen LogP contribution is 2.08. The van der Waals surface area contributed by atoms with Gasteiger partial charge in [0.15, 0.2) is 0 Å². The van der Waals surface area contributed by atoms with E-state index in [1.54, 1.807) is 18.5 Å². The summed E-state index contributed by atoms with van der Waals surface area (Å²) < 4.78 is 5.21. The van der Waals surface area contributed by atoms with Gasteiger partial charge in [0.25, 0.3) is 0 Å². The van der Waals surface area contributed by atoms with Crippen molar-refractivity contribution in [1.82, 2.24) is 9.97 Å². The van der Waals surface area contributed by atoms with Crippen LogP contribution in [-0.4, -0.2) is 23.1 Å². The molecule has 0 unspecified atom stereocenters. The van der Waals surface area contributed by atoms with E-state index in [-0.39, 0.29) is 0 Å². The summed E-state index contributed by atoms with van der Waals surface area (Å²) in [6.45, 7) is 6.81. The fourth-order valence-electron chi connectivity index (χ4n) is 0.828. The van der Waals surface area contributed by atoms with Gasteiger partial charge in [0, 0.05) is 6.54 Å². The first-order valence-electron chi connectivity index (χ1n) is 4.16. The third kappa shape index (κ3) is 3.11. The van der Waals surface area contributed by atoms with Gasteiger partial charge in [0.2, 0.25) is 5.88 Å². The van der Waals surface area contributed by atoms with Crippen LogP contribution in [0.2, 0.25) is 0 Å². The molecule has 0 aliphatic heterocycles. The van der Waals surface area contributed by atoms with Gasteiger partial charge in [0.1, 0.15) is 12.4 Å². The lowest BCUT2D eigenvalue weighted by Gasteiger charge is -2.04. The molecule has 0 bridgehead atoms. The van der Waals surface area contributed by atoms with E-state index in [4.69, 9.17) is 4.74 Å². The van der Waals surface area contributed by atoms with Crippen molar-refractivity contribution >= 4 is 5.82 Å². The molecule has 0 saturated carbocycles. The van der Waals surface area contributed by atoms with E-state index < -0.39 is 0 Å². The number of hydrogen-bond acceptors (Lipinski definition) is 4. The second-order valence-electron chi connectivity index (χ2n) is 2.37. The van der Waals surface area contributed by atoms with Crippen molar-refractivity contribution < 1.29 is 4.74 Å². The summed E-state index contributed by atoms with van der Waals surface area (Å²) in [4.78, 5) is 8.13. The Kier molecular flexibility index (Phi) is 3.75. The van der Waals surface area contributed by atoms with Crippen LogP contribution >= 0.6 is 0 Å². The molecule has 0 radical (unpaired) electrons. The van der Waals surface area contributed by atoms with E-state index in [1.165, 1.54) is 0 Å². The van der Waals surface area contributed by atoms with E-state index >= 15 is 0 Å².